The van der Waals surface area contributed by atoms with Crippen LogP contribution in [0.1, 0.15) is 15.9 Å². The second kappa shape index (κ2) is 7.95. The third-order valence-electron chi connectivity index (χ3n) is 4.24. The van der Waals surface area contributed by atoms with Crippen molar-refractivity contribution < 1.29 is 14.3 Å². The number of aromatic nitrogens is 2. The molecular weight excluding hydrogens is 342 g/mol. The van der Waals surface area contributed by atoms with Crippen molar-refractivity contribution in [3.63, 3.8) is 0 Å². The SMILES string of the molecule is COc1ccc(-c2nn(Cc3ccccc3)cc2C(=O)N(C)C)cc1OC. The first-order valence-corrected chi connectivity index (χ1v) is 8.59. The molecule has 0 atom stereocenters. The summed E-state index contributed by atoms with van der Waals surface area (Å²) < 4.78 is 12.5. The monoisotopic (exact) mass is 365 g/mol. The van der Waals surface area contributed by atoms with Crippen molar-refractivity contribution >= 4 is 5.91 Å². The molecule has 0 saturated carbocycles. The van der Waals surface area contributed by atoms with E-state index < -0.39 is 0 Å². The summed E-state index contributed by atoms with van der Waals surface area (Å²) in [7, 11) is 6.64. The molecule has 3 rings (SSSR count). The van der Waals surface area contributed by atoms with E-state index in [1.807, 2.05) is 48.5 Å². The van der Waals surface area contributed by atoms with Crippen LogP contribution in [0.2, 0.25) is 0 Å². The first-order valence-electron chi connectivity index (χ1n) is 8.59. The van der Waals surface area contributed by atoms with Crippen LogP contribution >= 0.6 is 0 Å². The molecule has 0 radical (unpaired) electrons. The van der Waals surface area contributed by atoms with E-state index in [-0.39, 0.29) is 5.91 Å². The lowest BCUT2D eigenvalue weighted by molar-refractivity contribution is 0.0828. The zero-order valence-corrected chi connectivity index (χ0v) is 16.0. The first kappa shape index (κ1) is 18.5. The summed E-state index contributed by atoms with van der Waals surface area (Å²) >= 11 is 0. The zero-order valence-electron chi connectivity index (χ0n) is 16.0. The molecule has 0 bridgehead atoms. The highest BCUT2D eigenvalue weighted by molar-refractivity contribution is 5.99. The maximum atomic E-state index is 12.7. The topological polar surface area (TPSA) is 56.6 Å². The molecule has 0 spiro atoms. The van der Waals surface area contributed by atoms with Crippen LogP contribution in [0, 0.1) is 0 Å². The molecule has 1 amide bonds. The van der Waals surface area contributed by atoms with Crippen LogP contribution in [-0.4, -0.2) is 48.9 Å². The number of benzene rings is 2. The van der Waals surface area contributed by atoms with E-state index in [1.54, 1.807) is 44.1 Å². The quantitative estimate of drug-likeness (QED) is 0.672. The Morgan fingerprint density at radius 3 is 2.37 bits per heavy atom. The lowest BCUT2D eigenvalue weighted by Crippen LogP contribution is -2.21. The Labute approximate surface area is 158 Å². The molecule has 2 aromatic carbocycles. The number of methoxy groups -OCH3 is 2. The summed E-state index contributed by atoms with van der Waals surface area (Å²) in [5.74, 6) is 1.13. The minimum absolute atomic E-state index is 0.0981. The summed E-state index contributed by atoms with van der Waals surface area (Å²) in [4.78, 5) is 14.2. The van der Waals surface area contributed by atoms with Gasteiger partial charge in [-0.2, -0.15) is 5.10 Å². The molecule has 0 aliphatic rings. The summed E-state index contributed by atoms with van der Waals surface area (Å²) in [6, 6.07) is 15.5. The Hall–Kier alpha value is -3.28. The zero-order chi connectivity index (χ0) is 19.4. The van der Waals surface area contributed by atoms with E-state index in [9.17, 15) is 4.79 Å². The first-order chi connectivity index (χ1) is 13.0. The van der Waals surface area contributed by atoms with Crippen molar-refractivity contribution in [1.82, 2.24) is 14.7 Å². The third kappa shape index (κ3) is 3.95. The van der Waals surface area contributed by atoms with Crippen molar-refractivity contribution in [3.05, 3.63) is 65.9 Å². The van der Waals surface area contributed by atoms with Gasteiger partial charge in [0.25, 0.3) is 5.91 Å². The van der Waals surface area contributed by atoms with E-state index in [0.717, 1.165) is 11.1 Å². The summed E-state index contributed by atoms with van der Waals surface area (Å²) in [6.45, 7) is 0.585. The fraction of sp³-hybridized carbons (Fsp3) is 0.238. The van der Waals surface area contributed by atoms with Gasteiger partial charge in [0.15, 0.2) is 11.5 Å². The van der Waals surface area contributed by atoms with Crippen LogP contribution in [-0.2, 0) is 6.54 Å². The molecule has 0 saturated heterocycles. The summed E-state index contributed by atoms with van der Waals surface area (Å²) in [5, 5.41) is 4.68. The van der Waals surface area contributed by atoms with E-state index in [4.69, 9.17) is 9.47 Å². The number of carbonyl (C=O) groups is 1. The summed E-state index contributed by atoms with van der Waals surface area (Å²) in [5.41, 5.74) is 3.07. The molecule has 0 aliphatic carbocycles. The molecule has 0 aliphatic heterocycles. The van der Waals surface area contributed by atoms with E-state index in [2.05, 4.69) is 5.10 Å². The van der Waals surface area contributed by atoms with Crippen LogP contribution in [0.4, 0.5) is 0 Å². The molecule has 140 valence electrons. The number of ether oxygens (including phenoxy) is 2. The Morgan fingerprint density at radius 2 is 1.74 bits per heavy atom. The molecule has 0 fully saturated rings. The standard InChI is InChI=1S/C21H23N3O3/c1-23(2)21(25)17-14-24(13-15-8-6-5-7-9-15)22-20(17)16-10-11-18(26-3)19(12-16)27-4/h5-12,14H,13H2,1-4H3. The highest BCUT2D eigenvalue weighted by atomic mass is 16.5. The Balaban J connectivity index is 2.06. The van der Waals surface area contributed by atoms with Gasteiger partial charge in [-0.3, -0.25) is 9.48 Å². The fourth-order valence-electron chi connectivity index (χ4n) is 2.87. The number of rotatable bonds is 6. The minimum Gasteiger partial charge on any atom is -0.493 e. The number of hydrogen-bond donors (Lipinski definition) is 0. The molecule has 27 heavy (non-hydrogen) atoms. The van der Waals surface area contributed by atoms with Gasteiger partial charge in [0, 0.05) is 25.9 Å². The van der Waals surface area contributed by atoms with E-state index in [1.165, 1.54) is 0 Å². The average Bonchev–Trinajstić information content (AvgIpc) is 3.11. The fourth-order valence-corrected chi connectivity index (χ4v) is 2.87. The highest BCUT2D eigenvalue weighted by Gasteiger charge is 2.20. The molecule has 0 N–H and O–H groups in total. The lowest BCUT2D eigenvalue weighted by atomic mass is 10.1. The van der Waals surface area contributed by atoms with Gasteiger partial charge in [0.2, 0.25) is 0 Å². The van der Waals surface area contributed by atoms with Crippen LogP contribution < -0.4 is 9.47 Å². The average molecular weight is 365 g/mol. The maximum absolute atomic E-state index is 12.7. The minimum atomic E-state index is -0.0981. The Bertz CT molecular complexity index is 933. The van der Waals surface area contributed by atoms with Gasteiger partial charge in [-0.1, -0.05) is 30.3 Å². The second-order valence-electron chi connectivity index (χ2n) is 6.34. The molecule has 1 aromatic heterocycles. The van der Waals surface area contributed by atoms with Gasteiger partial charge < -0.3 is 14.4 Å². The van der Waals surface area contributed by atoms with Crippen LogP contribution in [0.5, 0.6) is 11.5 Å². The smallest absolute Gasteiger partial charge is 0.257 e. The van der Waals surface area contributed by atoms with Gasteiger partial charge in [0.05, 0.1) is 26.3 Å². The third-order valence-corrected chi connectivity index (χ3v) is 4.24. The van der Waals surface area contributed by atoms with Crippen molar-refractivity contribution in [2.24, 2.45) is 0 Å². The van der Waals surface area contributed by atoms with Crippen molar-refractivity contribution in [2.45, 2.75) is 6.54 Å². The lowest BCUT2D eigenvalue weighted by Gasteiger charge is -2.11. The normalized spacial score (nSPS) is 10.5. The van der Waals surface area contributed by atoms with Gasteiger partial charge in [-0.15, -0.1) is 0 Å². The molecule has 1 heterocycles. The van der Waals surface area contributed by atoms with Gasteiger partial charge >= 0.3 is 0 Å². The predicted molar refractivity (Wildman–Crippen MR) is 104 cm³/mol. The van der Waals surface area contributed by atoms with Crippen LogP contribution in [0.3, 0.4) is 0 Å². The van der Waals surface area contributed by atoms with E-state index in [0.29, 0.717) is 29.3 Å². The molecule has 6 heteroatoms. The molecule has 0 unspecified atom stereocenters. The number of nitrogens with zero attached hydrogens (tertiary/aromatic N) is 3. The van der Waals surface area contributed by atoms with Gasteiger partial charge in [0.1, 0.15) is 5.69 Å². The Kier molecular flexibility index (Phi) is 5.45. The summed E-state index contributed by atoms with van der Waals surface area (Å²) in [6.07, 6.45) is 1.79. The van der Waals surface area contributed by atoms with Crippen molar-refractivity contribution in [1.29, 1.82) is 0 Å². The predicted octanol–water partition coefficient (Wildman–Crippen LogP) is 3.32. The van der Waals surface area contributed by atoms with Gasteiger partial charge in [-0.25, -0.2) is 0 Å². The molecular formula is C21H23N3O3. The highest BCUT2D eigenvalue weighted by Crippen LogP contribution is 2.33. The molecule has 3 aromatic rings. The number of carbonyl (C=O) groups excluding carboxylic acids is 1. The largest absolute Gasteiger partial charge is 0.493 e. The number of hydrogen-bond acceptors (Lipinski definition) is 4. The van der Waals surface area contributed by atoms with E-state index >= 15 is 0 Å². The molecule has 6 nitrogen and oxygen atoms in total. The van der Waals surface area contributed by atoms with Crippen LogP contribution in [0.15, 0.2) is 54.7 Å². The second-order valence-corrected chi connectivity index (χ2v) is 6.34. The van der Waals surface area contributed by atoms with Crippen molar-refractivity contribution in [3.8, 4) is 22.8 Å². The van der Waals surface area contributed by atoms with Crippen molar-refractivity contribution in [2.75, 3.05) is 28.3 Å². The number of amides is 1. The Morgan fingerprint density at radius 1 is 1.04 bits per heavy atom. The van der Waals surface area contributed by atoms with Crippen LogP contribution in [0.25, 0.3) is 11.3 Å². The van der Waals surface area contributed by atoms with Gasteiger partial charge in [-0.05, 0) is 23.8 Å². The maximum Gasteiger partial charge on any atom is 0.257 e.